The van der Waals surface area contributed by atoms with Crippen LogP contribution in [0.15, 0.2) is 24.8 Å². The molecule has 8 nitrogen and oxygen atoms in total. The van der Waals surface area contributed by atoms with E-state index in [-0.39, 0.29) is 0 Å². The van der Waals surface area contributed by atoms with Gasteiger partial charge in [0.05, 0.1) is 17.4 Å². The lowest BCUT2D eigenvalue weighted by molar-refractivity contribution is 0.0738. The third kappa shape index (κ3) is 4.16. The van der Waals surface area contributed by atoms with Crippen LogP contribution in [0.1, 0.15) is 62.1 Å². The minimum Gasteiger partial charge on any atom is -0.381 e. The van der Waals surface area contributed by atoms with Gasteiger partial charge >= 0.3 is 0 Å². The molecular formula is C28H37N7O. The summed E-state index contributed by atoms with van der Waals surface area (Å²) in [7, 11) is 0. The van der Waals surface area contributed by atoms with Gasteiger partial charge in [0.1, 0.15) is 12.1 Å². The lowest BCUT2D eigenvalue weighted by Gasteiger charge is -2.36. The summed E-state index contributed by atoms with van der Waals surface area (Å²) in [6, 6.07) is 3.41. The number of aryl methyl sites for hydroxylation is 2. The molecule has 4 aromatic rings. The summed E-state index contributed by atoms with van der Waals surface area (Å²) in [6.07, 6.45) is 10.3. The SMILES string of the molecule is Cc1c(N2CCC(NC3CCOCC3)CC2)ncc2[nH]c(-c3cc(C)c4ncnn4c3)c(C(C)C)c12. The molecule has 0 spiro atoms. The molecule has 2 N–H and O–H groups in total. The highest BCUT2D eigenvalue weighted by Crippen LogP contribution is 2.39. The number of fused-ring (bicyclic) bond motifs is 2. The first-order chi connectivity index (χ1) is 17.5. The minimum absolute atomic E-state index is 0.365. The van der Waals surface area contributed by atoms with Crippen LogP contribution in [0.3, 0.4) is 0 Å². The molecule has 4 aromatic heterocycles. The maximum Gasteiger partial charge on any atom is 0.158 e. The number of anilines is 1. The van der Waals surface area contributed by atoms with Gasteiger partial charge in [-0.1, -0.05) is 13.8 Å². The van der Waals surface area contributed by atoms with E-state index in [0.29, 0.717) is 18.0 Å². The lowest BCUT2D eigenvalue weighted by atomic mass is 9.94. The molecule has 0 radical (unpaired) electrons. The van der Waals surface area contributed by atoms with Gasteiger partial charge in [-0.3, -0.25) is 0 Å². The van der Waals surface area contributed by atoms with Gasteiger partial charge < -0.3 is 19.9 Å². The number of nitrogens with zero attached hydrogens (tertiary/aromatic N) is 5. The molecule has 0 atom stereocenters. The maximum absolute atomic E-state index is 5.52. The molecule has 0 aliphatic carbocycles. The highest BCUT2D eigenvalue weighted by Gasteiger charge is 2.26. The third-order valence-corrected chi connectivity index (χ3v) is 8.01. The molecule has 2 fully saturated rings. The van der Waals surface area contributed by atoms with E-state index in [1.165, 1.54) is 16.5 Å². The first-order valence-corrected chi connectivity index (χ1v) is 13.4. The Morgan fingerprint density at radius 2 is 1.81 bits per heavy atom. The van der Waals surface area contributed by atoms with E-state index < -0.39 is 0 Å². The van der Waals surface area contributed by atoms with Gasteiger partial charge in [-0.2, -0.15) is 5.10 Å². The largest absolute Gasteiger partial charge is 0.381 e. The molecule has 2 saturated heterocycles. The summed E-state index contributed by atoms with van der Waals surface area (Å²) in [6.45, 7) is 12.8. The van der Waals surface area contributed by atoms with E-state index in [9.17, 15) is 0 Å². The topological polar surface area (TPSA) is 83.4 Å². The maximum atomic E-state index is 5.52. The summed E-state index contributed by atoms with van der Waals surface area (Å²) < 4.78 is 7.39. The zero-order valence-electron chi connectivity index (χ0n) is 21.8. The molecule has 0 unspecified atom stereocenters. The van der Waals surface area contributed by atoms with Crippen molar-refractivity contribution in [2.24, 2.45) is 0 Å². The third-order valence-electron chi connectivity index (χ3n) is 8.01. The Bertz CT molecular complexity index is 1370. The van der Waals surface area contributed by atoms with E-state index in [0.717, 1.165) is 85.8 Å². The number of H-pyrrole nitrogens is 1. The van der Waals surface area contributed by atoms with Gasteiger partial charge in [0.2, 0.25) is 0 Å². The number of nitrogens with one attached hydrogen (secondary N) is 2. The van der Waals surface area contributed by atoms with Crippen molar-refractivity contribution in [1.29, 1.82) is 0 Å². The highest BCUT2D eigenvalue weighted by atomic mass is 16.5. The van der Waals surface area contributed by atoms with Gasteiger partial charge in [-0.05, 0) is 62.6 Å². The average Bonchev–Trinajstić information content (AvgIpc) is 3.51. The molecule has 6 heterocycles. The van der Waals surface area contributed by atoms with E-state index >= 15 is 0 Å². The fraction of sp³-hybridized carbons (Fsp3) is 0.536. The fourth-order valence-electron chi connectivity index (χ4n) is 6.18. The zero-order valence-corrected chi connectivity index (χ0v) is 21.8. The van der Waals surface area contributed by atoms with Crippen LogP contribution >= 0.6 is 0 Å². The Labute approximate surface area is 212 Å². The quantitative estimate of drug-likeness (QED) is 0.423. The Hall–Kier alpha value is -2.97. The van der Waals surface area contributed by atoms with Crippen molar-refractivity contribution < 1.29 is 4.74 Å². The van der Waals surface area contributed by atoms with Crippen molar-refractivity contribution in [1.82, 2.24) is 29.9 Å². The molecule has 190 valence electrons. The zero-order chi connectivity index (χ0) is 24.8. The summed E-state index contributed by atoms with van der Waals surface area (Å²) in [5.41, 5.74) is 8.02. The van der Waals surface area contributed by atoms with Crippen LogP contribution in [-0.4, -0.2) is 63.0 Å². The monoisotopic (exact) mass is 487 g/mol. The predicted molar refractivity (Wildman–Crippen MR) is 144 cm³/mol. The van der Waals surface area contributed by atoms with Crippen LogP contribution in [0.5, 0.6) is 0 Å². The average molecular weight is 488 g/mol. The standard InChI is InChI=1S/C28H37N7O/c1-17(2)24-25-19(4)28(34-9-5-21(6-10-34)32-22-7-11-36-12-8-22)29-14-23(25)33-26(24)20-13-18(3)27-30-16-31-35(27)15-20/h13-17,21-22,32-33H,5-12H2,1-4H3. The van der Waals surface area contributed by atoms with Crippen LogP contribution in [0, 0.1) is 13.8 Å². The summed E-state index contributed by atoms with van der Waals surface area (Å²) >= 11 is 0. The predicted octanol–water partition coefficient (Wildman–Crippen LogP) is 4.75. The van der Waals surface area contributed by atoms with Crippen LogP contribution in [0.2, 0.25) is 0 Å². The number of ether oxygens (including phenoxy) is 1. The fourth-order valence-corrected chi connectivity index (χ4v) is 6.18. The summed E-state index contributed by atoms with van der Waals surface area (Å²) in [5.74, 6) is 1.49. The Kier molecular flexibility index (Phi) is 6.17. The molecule has 2 aliphatic heterocycles. The van der Waals surface area contributed by atoms with Gasteiger partial charge in [0, 0.05) is 61.1 Å². The second kappa shape index (κ2) is 9.48. The first-order valence-electron chi connectivity index (χ1n) is 13.4. The molecule has 0 aromatic carbocycles. The Balaban J connectivity index is 1.31. The smallest absolute Gasteiger partial charge is 0.158 e. The van der Waals surface area contributed by atoms with Crippen LogP contribution in [0.4, 0.5) is 5.82 Å². The van der Waals surface area contributed by atoms with Crippen molar-refractivity contribution >= 4 is 22.4 Å². The van der Waals surface area contributed by atoms with E-state index in [2.05, 4.69) is 65.2 Å². The minimum atomic E-state index is 0.365. The van der Waals surface area contributed by atoms with Gasteiger partial charge in [-0.25, -0.2) is 14.5 Å². The number of aromatic amines is 1. The number of rotatable bonds is 5. The molecule has 0 amide bonds. The van der Waals surface area contributed by atoms with E-state index in [1.807, 2.05) is 10.7 Å². The van der Waals surface area contributed by atoms with E-state index in [4.69, 9.17) is 9.72 Å². The molecule has 2 aliphatic rings. The van der Waals surface area contributed by atoms with Crippen LogP contribution in [0.25, 0.3) is 27.8 Å². The van der Waals surface area contributed by atoms with Crippen LogP contribution < -0.4 is 10.2 Å². The Morgan fingerprint density at radius 1 is 1.06 bits per heavy atom. The molecule has 36 heavy (non-hydrogen) atoms. The second-order valence-corrected chi connectivity index (χ2v) is 10.8. The summed E-state index contributed by atoms with van der Waals surface area (Å²) in [4.78, 5) is 15.5. The van der Waals surface area contributed by atoms with E-state index in [1.54, 1.807) is 6.33 Å². The normalized spacial score (nSPS) is 18.2. The number of hydrogen-bond donors (Lipinski definition) is 2. The summed E-state index contributed by atoms with van der Waals surface area (Å²) in [5, 5.41) is 9.59. The van der Waals surface area contributed by atoms with Gasteiger partial charge in [0.25, 0.3) is 0 Å². The van der Waals surface area contributed by atoms with Gasteiger partial charge in [-0.15, -0.1) is 0 Å². The number of piperidine rings is 1. The molecule has 0 saturated carbocycles. The number of aromatic nitrogens is 5. The molecule has 6 rings (SSSR count). The molecule has 0 bridgehead atoms. The highest BCUT2D eigenvalue weighted by molar-refractivity contribution is 5.95. The van der Waals surface area contributed by atoms with Crippen LogP contribution in [-0.2, 0) is 4.74 Å². The van der Waals surface area contributed by atoms with Crippen molar-refractivity contribution in [2.45, 2.75) is 71.4 Å². The van der Waals surface area contributed by atoms with Gasteiger partial charge in [0.15, 0.2) is 5.65 Å². The molecule has 8 heteroatoms. The molecular weight excluding hydrogens is 450 g/mol. The van der Waals surface area contributed by atoms with Crippen molar-refractivity contribution in [2.75, 3.05) is 31.2 Å². The lowest BCUT2D eigenvalue weighted by Crippen LogP contribution is -2.48. The Morgan fingerprint density at radius 3 is 2.56 bits per heavy atom. The first kappa shape index (κ1) is 23.4. The second-order valence-electron chi connectivity index (χ2n) is 10.8. The number of hydrogen-bond acceptors (Lipinski definition) is 6. The van der Waals surface area contributed by atoms with Crippen molar-refractivity contribution in [3.05, 3.63) is 41.5 Å². The number of pyridine rings is 2. The van der Waals surface area contributed by atoms with Crippen molar-refractivity contribution in [3.63, 3.8) is 0 Å². The van der Waals surface area contributed by atoms with Crippen molar-refractivity contribution in [3.8, 4) is 11.3 Å².